The van der Waals surface area contributed by atoms with Gasteiger partial charge in [0, 0.05) is 28.7 Å². The third kappa shape index (κ3) is 6.24. The second kappa shape index (κ2) is 8.85. The number of allylic oxidation sites excluding steroid dienone is 1. The molecule has 3 rings (SSSR count). The number of rotatable bonds is 4. The van der Waals surface area contributed by atoms with E-state index in [0.717, 1.165) is 17.1 Å². The molecule has 2 aromatic carbocycles. The molecule has 0 radical (unpaired) electrons. The van der Waals surface area contributed by atoms with Gasteiger partial charge in [0.05, 0.1) is 12.1 Å². The normalized spacial score (nSPS) is 14.3. The third-order valence-corrected chi connectivity index (χ3v) is 4.13. The number of nitrogens with two attached hydrogens (primary N) is 1. The maximum absolute atomic E-state index is 5.53. The second-order valence-electron chi connectivity index (χ2n) is 7.74. The zero-order chi connectivity index (χ0) is 20.0. The van der Waals surface area contributed by atoms with Crippen LogP contribution in [0.15, 0.2) is 48.5 Å². The summed E-state index contributed by atoms with van der Waals surface area (Å²) in [6, 6.07) is 14.4. The molecule has 0 atom stereocenters. The van der Waals surface area contributed by atoms with Gasteiger partial charge in [-0.05, 0) is 89.6 Å². The highest BCUT2D eigenvalue weighted by atomic mass is 16.5. The fraction of sp³-hybridized carbons (Fsp3) is 0.391. The summed E-state index contributed by atoms with van der Waals surface area (Å²) in [4.78, 5) is 0. The van der Waals surface area contributed by atoms with Crippen molar-refractivity contribution in [2.45, 2.75) is 53.1 Å². The smallest absolute Gasteiger partial charge is 0.120 e. The molecule has 4 N–H and O–H groups in total. The van der Waals surface area contributed by atoms with E-state index in [1.807, 2.05) is 37.3 Å². The number of fused-ring (bicyclic) bond motifs is 1. The van der Waals surface area contributed by atoms with Crippen LogP contribution in [0.25, 0.3) is 5.57 Å². The van der Waals surface area contributed by atoms with Gasteiger partial charge in [0.15, 0.2) is 0 Å². The highest BCUT2D eigenvalue weighted by Gasteiger charge is 2.22. The molecule has 0 fully saturated rings. The summed E-state index contributed by atoms with van der Waals surface area (Å²) < 4.78 is 5.52. The number of anilines is 3. The van der Waals surface area contributed by atoms with Gasteiger partial charge in [0.25, 0.3) is 0 Å². The van der Waals surface area contributed by atoms with Gasteiger partial charge in [-0.2, -0.15) is 0 Å². The molecule has 0 saturated carbocycles. The van der Waals surface area contributed by atoms with Gasteiger partial charge in [-0.1, -0.05) is 6.08 Å². The first-order chi connectivity index (χ1) is 12.7. The van der Waals surface area contributed by atoms with Gasteiger partial charge in [-0.3, -0.25) is 0 Å². The van der Waals surface area contributed by atoms with E-state index in [-0.39, 0.29) is 5.54 Å². The van der Waals surface area contributed by atoms with Gasteiger partial charge in [-0.15, -0.1) is 0 Å². The molecule has 0 aliphatic carbocycles. The highest BCUT2D eigenvalue weighted by Crippen LogP contribution is 2.35. The van der Waals surface area contributed by atoms with Crippen LogP contribution in [0.3, 0.4) is 0 Å². The molecule has 27 heavy (non-hydrogen) atoms. The van der Waals surface area contributed by atoms with Crippen molar-refractivity contribution in [1.82, 2.24) is 0 Å². The minimum atomic E-state index is 0.0320. The SMILES string of the molecule is CC(C)Nc1ccc(N)cc1.CCOc1ccc2c(c1)C(C)=CC(C)(C)N2. The maximum atomic E-state index is 5.53. The van der Waals surface area contributed by atoms with Crippen LogP contribution in [0.4, 0.5) is 17.1 Å². The summed E-state index contributed by atoms with van der Waals surface area (Å²) in [7, 11) is 0. The largest absolute Gasteiger partial charge is 0.494 e. The zero-order valence-electron chi connectivity index (χ0n) is 17.4. The van der Waals surface area contributed by atoms with E-state index >= 15 is 0 Å². The van der Waals surface area contributed by atoms with Crippen molar-refractivity contribution >= 4 is 22.6 Å². The lowest BCUT2D eigenvalue weighted by Gasteiger charge is -2.31. The summed E-state index contributed by atoms with van der Waals surface area (Å²) in [5.41, 5.74) is 11.2. The molecule has 0 aromatic heterocycles. The molecule has 0 saturated heterocycles. The number of ether oxygens (including phenoxy) is 1. The van der Waals surface area contributed by atoms with Crippen LogP contribution in [0.5, 0.6) is 5.75 Å². The van der Waals surface area contributed by atoms with Gasteiger partial charge in [0.2, 0.25) is 0 Å². The topological polar surface area (TPSA) is 59.3 Å². The molecule has 0 spiro atoms. The lowest BCUT2D eigenvalue weighted by molar-refractivity contribution is 0.340. The Bertz CT molecular complexity index is 777. The summed E-state index contributed by atoms with van der Waals surface area (Å²) in [6.07, 6.45) is 2.26. The summed E-state index contributed by atoms with van der Waals surface area (Å²) in [5, 5.41) is 6.78. The number of nitrogen functional groups attached to an aromatic ring is 1. The molecule has 0 bridgehead atoms. The minimum Gasteiger partial charge on any atom is -0.494 e. The molecule has 4 heteroatoms. The second-order valence-corrected chi connectivity index (χ2v) is 7.74. The van der Waals surface area contributed by atoms with E-state index in [9.17, 15) is 0 Å². The number of hydrogen-bond acceptors (Lipinski definition) is 4. The van der Waals surface area contributed by atoms with E-state index in [0.29, 0.717) is 12.6 Å². The minimum absolute atomic E-state index is 0.0320. The Kier molecular flexibility index (Phi) is 6.78. The van der Waals surface area contributed by atoms with Crippen molar-refractivity contribution in [1.29, 1.82) is 0 Å². The molecule has 2 aromatic rings. The average molecular weight is 368 g/mol. The summed E-state index contributed by atoms with van der Waals surface area (Å²) in [5.74, 6) is 0.940. The predicted octanol–water partition coefficient (Wildman–Crippen LogP) is 5.78. The molecule has 0 unspecified atom stereocenters. The number of nitrogens with one attached hydrogen (secondary N) is 2. The number of hydrogen-bond donors (Lipinski definition) is 3. The zero-order valence-corrected chi connectivity index (χ0v) is 17.4. The Labute approximate surface area is 163 Å². The van der Waals surface area contributed by atoms with Gasteiger partial charge < -0.3 is 21.1 Å². The summed E-state index contributed by atoms with van der Waals surface area (Å²) in [6.45, 7) is 13.4. The Morgan fingerprint density at radius 1 is 1.11 bits per heavy atom. The van der Waals surface area contributed by atoms with Crippen LogP contribution in [0.1, 0.15) is 47.1 Å². The lowest BCUT2D eigenvalue weighted by atomic mass is 9.91. The predicted molar refractivity (Wildman–Crippen MR) is 119 cm³/mol. The van der Waals surface area contributed by atoms with E-state index in [4.69, 9.17) is 10.5 Å². The van der Waals surface area contributed by atoms with Crippen molar-refractivity contribution < 1.29 is 4.74 Å². The molecular weight excluding hydrogens is 334 g/mol. The quantitative estimate of drug-likeness (QED) is 0.599. The first kappa shape index (κ1) is 20.7. The van der Waals surface area contributed by atoms with E-state index in [2.05, 4.69) is 63.5 Å². The van der Waals surface area contributed by atoms with E-state index in [1.54, 1.807) is 0 Å². The van der Waals surface area contributed by atoms with Crippen molar-refractivity contribution in [3.05, 3.63) is 54.1 Å². The fourth-order valence-electron chi connectivity index (χ4n) is 3.13. The monoisotopic (exact) mass is 367 g/mol. The lowest BCUT2D eigenvalue weighted by Crippen LogP contribution is -2.31. The van der Waals surface area contributed by atoms with Crippen molar-refractivity contribution in [3.63, 3.8) is 0 Å². The van der Waals surface area contributed by atoms with Crippen LogP contribution in [0, 0.1) is 0 Å². The van der Waals surface area contributed by atoms with Crippen LogP contribution < -0.4 is 21.1 Å². The average Bonchev–Trinajstić information content (AvgIpc) is 2.57. The Hall–Kier alpha value is -2.62. The number of benzene rings is 2. The van der Waals surface area contributed by atoms with Crippen LogP contribution in [0.2, 0.25) is 0 Å². The Balaban J connectivity index is 0.000000208. The molecule has 0 amide bonds. The molecule has 146 valence electrons. The highest BCUT2D eigenvalue weighted by molar-refractivity contribution is 5.80. The first-order valence-electron chi connectivity index (χ1n) is 9.57. The van der Waals surface area contributed by atoms with Crippen LogP contribution in [-0.2, 0) is 0 Å². The van der Waals surface area contributed by atoms with Crippen LogP contribution in [-0.4, -0.2) is 18.2 Å². The van der Waals surface area contributed by atoms with Gasteiger partial charge >= 0.3 is 0 Å². The molecule has 1 aliphatic heterocycles. The third-order valence-electron chi connectivity index (χ3n) is 4.13. The molecule has 1 aliphatic rings. The van der Waals surface area contributed by atoms with Crippen molar-refractivity contribution in [2.24, 2.45) is 0 Å². The standard InChI is InChI=1S/C14H19NO.C9H14N2/c1-5-16-11-6-7-13-12(8-11)10(2)9-14(3,4)15-13;1-7(2)11-9-5-3-8(10)4-6-9/h6-9,15H,5H2,1-4H3;3-7,11H,10H2,1-2H3. The van der Waals surface area contributed by atoms with Gasteiger partial charge in [0.1, 0.15) is 5.75 Å². The van der Waals surface area contributed by atoms with Crippen molar-refractivity contribution in [3.8, 4) is 5.75 Å². The molecule has 4 nitrogen and oxygen atoms in total. The Morgan fingerprint density at radius 3 is 2.37 bits per heavy atom. The van der Waals surface area contributed by atoms with E-state index in [1.165, 1.54) is 16.8 Å². The Morgan fingerprint density at radius 2 is 1.78 bits per heavy atom. The maximum Gasteiger partial charge on any atom is 0.120 e. The van der Waals surface area contributed by atoms with E-state index < -0.39 is 0 Å². The van der Waals surface area contributed by atoms with Crippen LogP contribution >= 0.6 is 0 Å². The van der Waals surface area contributed by atoms with Crippen molar-refractivity contribution in [2.75, 3.05) is 23.0 Å². The molecular formula is C23H33N3O. The fourth-order valence-corrected chi connectivity index (χ4v) is 3.13. The molecule has 1 heterocycles. The first-order valence-corrected chi connectivity index (χ1v) is 9.57. The van der Waals surface area contributed by atoms with Gasteiger partial charge in [-0.25, -0.2) is 0 Å². The summed E-state index contributed by atoms with van der Waals surface area (Å²) >= 11 is 0.